The van der Waals surface area contributed by atoms with E-state index in [1.54, 1.807) is 6.92 Å². The molecule has 11 nitrogen and oxygen atoms in total. The number of nitrogens with zero attached hydrogens (tertiary/aromatic N) is 5. The van der Waals surface area contributed by atoms with Gasteiger partial charge in [-0.05, 0) is 24.6 Å². The van der Waals surface area contributed by atoms with Gasteiger partial charge in [-0.1, -0.05) is 6.92 Å². The molecule has 0 saturated heterocycles. The van der Waals surface area contributed by atoms with Crippen molar-refractivity contribution in [3.63, 3.8) is 0 Å². The third kappa shape index (κ3) is 4.70. The predicted molar refractivity (Wildman–Crippen MR) is 92.4 cm³/mol. The van der Waals surface area contributed by atoms with Crippen molar-refractivity contribution in [1.29, 1.82) is 0 Å². The first-order valence-electron chi connectivity index (χ1n) is 7.32. The maximum absolute atomic E-state index is 11.4. The molecule has 2 rings (SSSR count). The van der Waals surface area contributed by atoms with E-state index in [1.165, 1.54) is 24.3 Å². The Morgan fingerprint density at radius 3 is 2.50 bits per heavy atom. The first kappa shape index (κ1) is 19.2. The lowest BCUT2D eigenvalue weighted by Crippen LogP contribution is -2.30. The molecule has 0 aliphatic rings. The summed E-state index contributed by atoms with van der Waals surface area (Å²) in [5.74, 6) is -0.275. The molecule has 12 heteroatoms. The smallest absolute Gasteiger partial charge is 0.359 e. The molecule has 0 amide bonds. The van der Waals surface area contributed by atoms with Crippen molar-refractivity contribution in [3.05, 3.63) is 46.6 Å². The fourth-order valence-electron chi connectivity index (χ4n) is 1.98. The molecule has 0 fully saturated rings. The van der Waals surface area contributed by atoms with Crippen molar-refractivity contribution in [2.24, 2.45) is 10.2 Å². The highest BCUT2D eigenvalue weighted by molar-refractivity contribution is 7.87. The molecule has 1 heterocycles. The predicted octanol–water partition coefficient (Wildman–Crippen LogP) is 3.13. The first-order valence-corrected chi connectivity index (χ1v) is 8.72. The fourth-order valence-corrected chi connectivity index (χ4v) is 2.78. The second kappa shape index (κ2) is 7.84. The van der Waals surface area contributed by atoms with Crippen molar-refractivity contribution < 1.29 is 23.0 Å². The number of benzene rings is 1. The van der Waals surface area contributed by atoms with Crippen LogP contribution in [0.1, 0.15) is 13.3 Å². The highest BCUT2D eigenvalue weighted by atomic mass is 32.2. The molecule has 0 atom stereocenters. The number of aromatic nitrogens is 1. The Bertz CT molecular complexity index is 929. The van der Waals surface area contributed by atoms with Gasteiger partial charge in [0.05, 0.1) is 10.6 Å². The average molecular weight is 381 g/mol. The number of azo groups is 1. The van der Waals surface area contributed by atoms with Crippen LogP contribution in [0.15, 0.2) is 46.8 Å². The number of nitro groups is 1. The third-order valence-corrected chi connectivity index (χ3v) is 4.11. The molecule has 138 valence electrons. The van der Waals surface area contributed by atoms with Crippen LogP contribution < -0.4 is 4.31 Å². The largest absolute Gasteiger partial charge is 0.506 e. The lowest BCUT2D eigenvalue weighted by molar-refractivity contribution is -0.385. The third-order valence-electron chi connectivity index (χ3n) is 3.16. The van der Waals surface area contributed by atoms with Crippen LogP contribution in [-0.4, -0.2) is 34.5 Å². The van der Waals surface area contributed by atoms with E-state index in [2.05, 4.69) is 15.2 Å². The molecule has 0 unspecified atom stereocenters. The van der Waals surface area contributed by atoms with Gasteiger partial charge in [-0.2, -0.15) is 8.42 Å². The van der Waals surface area contributed by atoms with Crippen LogP contribution in [0, 0.1) is 10.1 Å². The topological polar surface area (TPSA) is 159 Å². The number of anilines is 1. The Morgan fingerprint density at radius 1 is 1.27 bits per heavy atom. The van der Waals surface area contributed by atoms with Crippen LogP contribution in [0.25, 0.3) is 0 Å². The van der Waals surface area contributed by atoms with Gasteiger partial charge in [-0.15, -0.1) is 10.2 Å². The molecule has 26 heavy (non-hydrogen) atoms. The van der Waals surface area contributed by atoms with Crippen LogP contribution in [0.2, 0.25) is 0 Å². The maximum Gasteiger partial charge on any atom is 0.359 e. The number of aromatic hydroxyl groups is 1. The lowest BCUT2D eigenvalue weighted by atomic mass is 10.2. The molecule has 1 aromatic carbocycles. The van der Waals surface area contributed by atoms with Gasteiger partial charge in [0, 0.05) is 18.7 Å². The lowest BCUT2D eigenvalue weighted by Gasteiger charge is -2.20. The standard InChI is InChI=1S/C14H15N5O6S/c1-2-7-18(26(23,24)25)10-3-5-12(13(20)8-10)16-17-14-6-4-11(9-15-14)19(21)22/h3-6,8-9,20H,2,7H2,1H3,(H,23,24,25). The van der Waals surface area contributed by atoms with Crippen LogP contribution in [0.3, 0.4) is 0 Å². The summed E-state index contributed by atoms with van der Waals surface area (Å²) >= 11 is 0. The monoisotopic (exact) mass is 381 g/mol. The SMILES string of the molecule is CCCN(c1ccc(N=Nc2ccc([N+](=O)[O-])cn2)c(O)c1)S(=O)(=O)O. The van der Waals surface area contributed by atoms with Gasteiger partial charge < -0.3 is 5.11 Å². The van der Waals surface area contributed by atoms with Gasteiger partial charge in [-0.25, -0.2) is 9.29 Å². The summed E-state index contributed by atoms with van der Waals surface area (Å²) in [5, 5.41) is 28.1. The summed E-state index contributed by atoms with van der Waals surface area (Å²) in [5.41, 5.74) is -0.0997. The van der Waals surface area contributed by atoms with Gasteiger partial charge in [0.2, 0.25) is 0 Å². The van der Waals surface area contributed by atoms with Gasteiger partial charge in [0.25, 0.3) is 5.69 Å². The molecular formula is C14H15N5O6S. The number of hydrogen-bond acceptors (Lipinski definition) is 8. The van der Waals surface area contributed by atoms with E-state index in [0.29, 0.717) is 6.42 Å². The first-order chi connectivity index (χ1) is 12.2. The summed E-state index contributed by atoms with van der Waals surface area (Å²) in [6.07, 6.45) is 1.47. The zero-order valence-electron chi connectivity index (χ0n) is 13.6. The maximum atomic E-state index is 11.4. The van der Waals surface area contributed by atoms with E-state index in [0.717, 1.165) is 16.6 Å². The zero-order chi connectivity index (χ0) is 19.3. The minimum absolute atomic E-state index is 0.0284. The molecule has 0 radical (unpaired) electrons. The van der Waals surface area contributed by atoms with E-state index in [9.17, 15) is 28.2 Å². The van der Waals surface area contributed by atoms with Crippen LogP contribution in [0.4, 0.5) is 22.9 Å². The Balaban J connectivity index is 2.25. The number of pyridine rings is 1. The second-order valence-electron chi connectivity index (χ2n) is 5.05. The van der Waals surface area contributed by atoms with Gasteiger partial charge in [-0.3, -0.25) is 14.7 Å². The Morgan fingerprint density at radius 2 is 2.00 bits per heavy atom. The van der Waals surface area contributed by atoms with Crippen molar-refractivity contribution in [2.45, 2.75) is 13.3 Å². The van der Waals surface area contributed by atoms with Crippen LogP contribution in [-0.2, 0) is 10.3 Å². The Kier molecular flexibility index (Phi) is 5.79. The zero-order valence-corrected chi connectivity index (χ0v) is 14.4. The Labute approximate surface area is 148 Å². The minimum atomic E-state index is -4.47. The summed E-state index contributed by atoms with van der Waals surface area (Å²) in [6, 6.07) is 6.28. The summed E-state index contributed by atoms with van der Waals surface area (Å²) < 4.78 is 32.8. The molecule has 0 bridgehead atoms. The summed E-state index contributed by atoms with van der Waals surface area (Å²) in [7, 11) is -4.47. The van der Waals surface area contributed by atoms with Crippen molar-refractivity contribution >= 4 is 33.2 Å². The van der Waals surface area contributed by atoms with E-state index >= 15 is 0 Å². The van der Waals surface area contributed by atoms with E-state index in [4.69, 9.17) is 0 Å². The van der Waals surface area contributed by atoms with Crippen molar-refractivity contribution in [3.8, 4) is 5.75 Å². The fraction of sp³-hybridized carbons (Fsp3) is 0.214. The van der Waals surface area contributed by atoms with Gasteiger partial charge >= 0.3 is 10.3 Å². The quantitative estimate of drug-likeness (QED) is 0.322. The molecule has 1 aromatic heterocycles. The summed E-state index contributed by atoms with van der Waals surface area (Å²) in [6.45, 7) is 1.77. The molecule has 0 spiro atoms. The number of rotatable bonds is 7. The van der Waals surface area contributed by atoms with Crippen LogP contribution in [0.5, 0.6) is 5.75 Å². The van der Waals surface area contributed by atoms with Crippen molar-refractivity contribution in [1.82, 2.24) is 4.98 Å². The van der Waals surface area contributed by atoms with E-state index in [-0.39, 0.29) is 35.2 Å². The molecule has 2 N–H and O–H groups in total. The molecule has 0 saturated carbocycles. The Hall–Kier alpha value is -3.12. The molecule has 2 aromatic rings. The van der Waals surface area contributed by atoms with Gasteiger partial charge in [0.1, 0.15) is 17.6 Å². The number of phenolic OH excluding ortho intramolecular Hbond substituents is 1. The minimum Gasteiger partial charge on any atom is -0.506 e. The van der Waals surface area contributed by atoms with E-state index < -0.39 is 15.2 Å². The van der Waals surface area contributed by atoms with Crippen molar-refractivity contribution in [2.75, 3.05) is 10.8 Å². The average Bonchev–Trinajstić information content (AvgIpc) is 2.58. The second-order valence-corrected chi connectivity index (χ2v) is 6.39. The van der Waals surface area contributed by atoms with Gasteiger partial charge in [0.15, 0.2) is 5.82 Å². The highest BCUT2D eigenvalue weighted by Gasteiger charge is 2.19. The molecule has 0 aliphatic heterocycles. The summed E-state index contributed by atoms with van der Waals surface area (Å²) in [4.78, 5) is 13.7. The number of hydrogen-bond donors (Lipinski definition) is 2. The van der Waals surface area contributed by atoms with Crippen LogP contribution >= 0.6 is 0 Å². The normalized spacial score (nSPS) is 11.6. The molecular weight excluding hydrogens is 366 g/mol. The highest BCUT2D eigenvalue weighted by Crippen LogP contribution is 2.33. The van der Waals surface area contributed by atoms with E-state index in [1.807, 2.05) is 0 Å². The number of phenols is 1. The molecule has 0 aliphatic carbocycles.